The Morgan fingerprint density at radius 3 is 2.71 bits per heavy atom. The van der Waals surface area contributed by atoms with Crippen LogP contribution in [0.25, 0.3) is 0 Å². The van der Waals surface area contributed by atoms with E-state index in [0.717, 1.165) is 39.0 Å². The van der Waals surface area contributed by atoms with Crippen molar-refractivity contribution in [1.29, 1.82) is 0 Å². The molecule has 0 amide bonds. The van der Waals surface area contributed by atoms with E-state index in [1.54, 1.807) is 0 Å². The third-order valence-electron chi connectivity index (χ3n) is 2.54. The molecule has 0 aromatic carbocycles. The fourth-order valence-electron chi connectivity index (χ4n) is 1.66. The normalized spacial score (nSPS) is 22.5. The molecule has 1 atom stereocenters. The number of hydrogen-bond acceptors (Lipinski definition) is 3. The van der Waals surface area contributed by atoms with Crippen LogP contribution in [0.3, 0.4) is 0 Å². The summed E-state index contributed by atoms with van der Waals surface area (Å²) >= 11 is 0. The quantitative estimate of drug-likeness (QED) is 0.641. The maximum absolute atomic E-state index is 5.61. The van der Waals surface area contributed by atoms with E-state index in [2.05, 4.69) is 0 Å². The second-order valence-electron chi connectivity index (χ2n) is 3.87. The lowest BCUT2D eigenvalue weighted by atomic mass is 10.2. The lowest BCUT2D eigenvalue weighted by Crippen LogP contribution is -2.22. The van der Waals surface area contributed by atoms with Crippen LogP contribution in [-0.2, 0) is 9.47 Å². The van der Waals surface area contributed by atoms with Crippen LogP contribution in [0.15, 0.2) is 0 Å². The fourth-order valence-corrected chi connectivity index (χ4v) is 1.66. The smallest absolute Gasteiger partial charge is 0.157 e. The van der Waals surface area contributed by atoms with Crippen LogP contribution in [0.1, 0.15) is 44.9 Å². The molecule has 0 saturated carbocycles. The minimum atomic E-state index is 0.0817. The molecule has 0 bridgehead atoms. The van der Waals surface area contributed by atoms with Crippen LogP contribution in [0.2, 0.25) is 0 Å². The summed E-state index contributed by atoms with van der Waals surface area (Å²) in [6, 6.07) is 0. The first-order valence-corrected chi connectivity index (χ1v) is 5.87. The first-order chi connectivity index (χ1) is 6.93. The van der Waals surface area contributed by atoms with Gasteiger partial charge in [-0.1, -0.05) is 12.8 Å². The van der Waals surface area contributed by atoms with Crippen LogP contribution in [0.4, 0.5) is 0 Å². The molecule has 0 aromatic heterocycles. The zero-order chi connectivity index (χ0) is 10.1. The molecule has 0 aromatic rings. The van der Waals surface area contributed by atoms with Crippen molar-refractivity contribution in [2.45, 2.75) is 51.2 Å². The summed E-state index contributed by atoms with van der Waals surface area (Å²) in [5.41, 5.74) is 5.41. The summed E-state index contributed by atoms with van der Waals surface area (Å²) in [5.74, 6) is 0. The Hall–Kier alpha value is -0.120. The van der Waals surface area contributed by atoms with Gasteiger partial charge in [-0.05, 0) is 38.6 Å². The molecule has 14 heavy (non-hydrogen) atoms. The van der Waals surface area contributed by atoms with Crippen molar-refractivity contribution in [2.75, 3.05) is 19.8 Å². The molecule has 0 aliphatic carbocycles. The maximum atomic E-state index is 5.61. The third-order valence-corrected chi connectivity index (χ3v) is 2.54. The van der Waals surface area contributed by atoms with Crippen LogP contribution in [0.5, 0.6) is 0 Å². The Labute approximate surface area is 86.9 Å². The molecular formula is C11H23NO2. The predicted octanol–water partition coefficient (Wildman–Crippen LogP) is 2.05. The van der Waals surface area contributed by atoms with E-state index >= 15 is 0 Å². The average molecular weight is 201 g/mol. The fraction of sp³-hybridized carbons (Fsp3) is 1.00. The molecule has 1 heterocycles. The molecule has 0 spiro atoms. The van der Waals surface area contributed by atoms with Gasteiger partial charge < -0.3 is 15.2 Å². The van der Waals surface area contributed by atoms with Crippen molar-refractivity contribution in [3.8, 4) is 0 Å². The SMILES string of the molecule is NCCCCCCOC1CCCCO1. The molecule has 1 saturated heterocycles. The van der Waals surface area contributed by atoms with Crippen molar-refractivity contribution in [3.63, 3.8) is 0 Å². The highest BCUT2D eigenvalue weighted by Gasteiger charge is 2.12. The van der Waals surface area contributed by atoms with Crippen LogP contribution >= 0.6 is 0 Å². The molecule has 1 aliphatic heterocycles. The lowest BCUT2D eigenvalue weighted by molar-refractivity contribution is -0.162. The summed E-state index contributed by atoms with van der Waals surface area (Å²) < 4.78 is 11.1. The molecule has 1 aliphatic rings. The van der Waals surface area contributed by atoms with Gasteiger partial charge >= 0.3 is 0 Å². The zero-order valence-electron chi connectivity index (χ0n) is 9.04. The Morgan fingerprint density at radius 2 is 2.00 bits per heavy atom. The van der Waals surface area contributed by atoms with Crippen molar-refractivity contribution in [1.82, 2.24) is 0 Å². The third kappa shape index (κ3) is 5.58. The summed E-state index contributed by atoms with van der Waals surface area (Å²) in [6.45, 7) is 2.53. The molecule has 3 nitrogen and oxygen atoms in total. The summed E-state index contributed by atoms with van der Waals surface area (Å²) in [5, 5.41) is 0. The maximum Gasteiger partial charge on any atom is 0.157 e. The van der Waals surface area contributed by atoms with Gasteiger partial charge in [-0.25, -0.2) is 0 Å². The molecule has 3 heteroatoms. The van der Waals surface area contributed by atoms with Gasteiger partial charge in [-0.2, -0.15) is 0 Å². The first-order valence-electron chi connectivity index (χ1n) is 5.87. The summed E-state index contributed by atoms with van der Waals surface area (Å²) in [4.78, 5) is 0. The second kappa shape index (κ2) is 8.21. The molecule has 2 N–H and O–H groups in total. The van der Waals surface area contributed by atoms with Gasteiger partial charge in [-0.15, -0.1) is 0 Å². The minimum Gasteiger partial charge on any atom is -0.353 e. The molecular weight excluding hydrogens is 178 g/mol. The second-order valence-corrected chi connectivity index (χ2v) is 3.87. The van der Waals surface area contributed by atoms with E-state index in [0.29, 0.717) is 0 Å². The van der Waals surface area contributed by atoms with Gasteiger partial charge in [0.2, 0.25) is 0 Å². The summed E-state index contributed by atoms with van der Waals surface area (Å²) in [6.07, 6.45) is 8.32. The number of rotatable bonds is 7. The molecule has 1 unspecified atom stereocenters. The Kier molecular flexibility index (Phi) is 7.01. The Morgan fingerprint density at radius 1 is 1.14 bits per heavy atom. The minimum absolute atomic E-state index is 0.0817. The summed E-state index contributed by atoms with van der Waals surface area (Å²) in [7, 11) is 0. The Bertz CT molecular complexity index is 124. The molecule has 0 radical (unpaired) electrons. The zero-order valence-corrected chi connectivity index (χ0v) is 9.04. The van der Waals surface area contributed by atoms with E-state index in [4.69, 9.17) is 15.2 Å². The average Bonchev–Trinajstić information content (AvgIpc) is 2.25. The van der Waals surface area contributed by atoms with Gasteiger partial charge in [0.15, 0.2) is 6.29 Å². The van der Waals surface area contributed by atoms with Crippen LogP contribution < -0.4 is 5.73 Å². The van der Waals surface area contributed by atoms with Crippen molar-refractivity contribution < 1.29 is 9.47 Å². The Balaban J connectivity index is 1.82. The van der Waals surface area contributed by atoms with E-state index in [1.165, 1.54) is 25.7 Å². The van der Waals surface area contributed by atoms with Gasteiger partial charge in [0, 0.05) is 13.2 Å². The van der Waals surface area contributed by atoms with Gasteiger partial charge in [0.05, 0.1) is 0 Å². The highest BCUT2D eigenvalue weighted by Crippen LogP contribution is 2.14. The molecule has 1 rings (SSSR count). The molecule has 84 valence electrons. The van der Waals surface area contributed by atoms with Gasteiger partial charge in [0.1, 0.15) is 0 Å². The van der Waals surface area contributed by atoms with Crippen molar-refractivity contribution in [2.24, 2.45) is 5.73 Å². The largest absolute Gasteiger partial charge is 0.353 e. The number of nitrogens with two attached hydrogens (primary N) is 1. The standard InChI is InChI=1S/C11H23NO2/c12-8-4-1-2-5-9-13-11-7-3-6-10-14-11/h11H,1-10,12H2. The van der Waals surface area contributed by atoms with Crippen molar-refractivity contribution in [3.05, 3.63) is 0 Å². The number of unbranched alkanes of at least 4 members (excludes halogenated alkanes) is 3. The van der Waals surface area contributed by atoms with Crippen molar-refractivity contribution >= 4 is 0 Å². The van der Waals surface area contributed by atoms with Gasteiger partial charge in [-0.3, -0.25) is 0 Å². The predicted molar refractivity (Wildman–Crippen MR) is 57.1 cm³/mol. The topological polar surface area (TPSA) is 44.5 Å². The van der Waals surface area contributed by atoms with E-state index in [9.17, 15) is 0 Å². The van der Waals surface area contributed by atoms with E-state index in [-0.39, 0.29) is 6.29 Å². The number of hydrogen-bond donors (Lipinski definition) is 1. The van der Waals surface area contributed by atoms with E-state index < -0.39 is 0 Å². The first kappa shape index (κ1) is 12.0. The van der Waals surface area contributed by atoms with Crippen LogP contribution in [-0.4, -0.2) is 26.0 Å². The van der Waals surface area contributed by atoms with Gasteiger partial charge in [0.25, 0.3) is 0 Å². The highest BCUT2D eigenvalue weighted by atomic mass is 16.7. The number of ether oxygens (including phenoxy) is 2. The molecule has 1 fully saturated rings. The monoisotopic (exact) mass is 201 g/mol. The van der Waals surface area contributed by atoms with E-state index in [1.807, 2.05) is 0 Å². The lowest BCUT2D eigenvalue weighted by Gasteiger charge is -2.22. The highest BCUT2D eigenvalue weighted by molar-refractivity contribution is 4.54. The van der Waals surface area contributed by atoms with Crippen LogP contribution in [0, 0.1) is 0 Å².